The number of carbonyl (C=O) groups is 5. The number of carbonyl (C=O) groups excluding carboxylic acids is 4. The number of carboxylic acid groups (broad SMARTS) is 1. The first kappa shape index (κ1) is 49.7. The standard InChI is InChI=1S/C45H53BrF2N3O14P/c1-42-10-9-30(53)15-33(42)34(47)16-32-31-17-37-45(36(55)23-63-66(60,61)62,43(31,2)18-35(54)44(32,42)48)65-41(64-37)27-5-3-24(4-6-27)11-25-12-26(22-52)14-29(13-25)49-20-28(7-8-40(58)59)51-39(57)21-50-38(56)19-46/h3-6,9-10,12-15,28,31-32,34-35,37,41,49,52,54H,7-8,11,16-23H2,1-2H3,(H,50,56)(H,51,57)(H,58,59)(H2,60,61,62)/t28-,31-,32-,34-,35-,37+,41+,42-,43-,44-,45+/m0/s1. The Labute approximate surface area is 387 Å². The number of phosphoric ester groups is 1. The molecule has 4 aliphatic carbocycles. The molecule has 0 unspecified atom stereocenters. The van der Waals surface area contributed by atoms with Crippen LogP contribution >= 0.6 is 23.8 Å². The van der Waals surface area contributed by atoms with E-state index in [1.54, 1.807) is 43.3 Å². The summed E-state index contributed by atoms with van der Waals surface area (Å²) in [5.41, 5.74) is -4.50. The maximum absolute atomic E-state index is 17.9. The van der Waals surface area contributed by atoms with E-state index in [9.17, 15) is 53.6 Å². The number of aliphatic carboxylic acids is 1. The normalized spacial score (nSPS) is 32.6. The van der Waals surface area contributed by atoms with Gasteiger partial charge in [-0.05, 0) is 91.5 Å². The molecule has 0 radical (unpaired) electrons. The Balaban J connectivity index is 1.10. The monoisotopic (exact) mass is 1010 g/mol. The van der Waals surface area contributed by atoms with Crippen molar-refractivity contribution in [1.82, 2.24) is 10.6 Å². The minimum Gasteiger partial charge on any atom is -0.481 e. The fourth-order valence-electron chi connectivity index (χ4n) is 11.2. The summed E-state index contributed by atoms with van der Waals surface area (Å²) in [7, 11) is -5.17. The van der Waals surface area contributed by atoms with Crippen LogP contribution in [0, 0.1) is 22.7 Å². The number of hydrogen-bond donors (Lipinski definition) is 8. The second-order valence-corrected chi connectivity index (χ2v) is 20.0. The molecule has 11 atom stereocenters. The number of amides is 2. The summed E-state index contributed by atoms with van der Waals surface area (Å²) in [6.07, 6.45) is -2.89. The second-order valence-electron chi connectivity index (χ2n) is 18.2. The molecule has 2 aromatic carbocycles. The van der Waals surface area contributed by atoms with Crippen LogP contribution in [0.15, 0.2) is 66.3 Å². The van der Waals surface area contributed by atoms with E-state index in [-0.39, 0.29) is 56.3 Å². The molecule has 5 aliphatic rings. The SMILES string of the molecule is C[C@]12C=CC(=O)C=C1[C@@H](F)C[C@H]1[C@@H]3C[C@H]4O[C@@H](c5ccc(Cc6cc(CO)cc(NC[C@H](CCC(=O)O)NC(=O)CNC(=O)CBr)c6)cc5)O[C@@]4(C(=O)COP(=O)(O)O)[C@@]3(C)C[C@H](O)[C@@]12F. The number of benzene rings is 2. The number of ether oxygens (including phenoxy) is 2. The lowest BCUT2D eigenvalue weighted by Gasteiger charge is -2.63. The van der Waals surface area contributed by atoms with Gasteiger partial charge in [0.05, 0.1) is 30.7 Å². The molecule has 1 heterocycles. The van der Waals surface area contributed by atoms with Crippen LogP contribution in [-0.4, -0.2) is 115 Å². The fourth-order valence-corrected chi connectivity index (χ4v) is 11.7. The number of alkyl halides is 3. The molecule has 21 heteroatoms. The zero-order chi connectivity index (χ0) is 48.0. The molecule has 0 aromatic heterocycles. The zero-order valence-corrected chi connectivity index (χ0v) is 38.6. The van der Waals surface area contributed by atoms with Gasteiger partial charge in [-0.2, -0.15) is 0 Å². The number of allylic oxidation sites excluding steroid dienone is 4. The van der Waals surface area contributed by atoms with Crippen LogP contribution < -0.4 is 16.0 Å². The first-order valence-corrected chi connectivity index (χ1v) is 24.1. The van der Waals surface area contributed by atoms with Crippen LogP contribution in [-0.2, 0) is 55.6 Å². The number of nitrogens with one attached hydrogen (secondary N) is 3. The highest BCUT2D eigenvalue weighted by atomic mass is 79.9. The molecule has 3 saturated carbocycles. The highest BCUT2D eigenvalue weighted by Crippen LogP contribution is 2.72. The number of Topliss-reactive ketones (excluding diaryl/α,β-unsaturated/α-hetero) is 1. The predicted molar refractivity (Wildman–Crippen MR) is 234 cm³/mol. The Morgan fingerprint density at radius 2 is 1.74 bits per heavy atom. The Morgan fingerprint density at radius 1 is 1.03 bits per heavy atom. The van der Waals surface area contributed by atoms with Crippen molar-refractivity contribution in [2.45, 2.75) is 101 Å². The highest BCUT2D eigenvalue weighted by molar-refractivity contribution is 9.09. The number of fused-ring (bicyclic) bond motifs is 7. The minimum atomic E-state index is -5.17. The number of aliphatic hydroxyl groups is 2. The molecule has 8 N–H and O–H groups in total. The zero-order valence-electron chi connectivity index (χ0n) is 36.1. The van der Waals surface area contributed by atoms with Crippen LogP contribution in [0.25, 0.3) is 0 Å². The summed E-state index contributed by atoms with van der Waals surface area (Å²) in [4.78, 5) is 81.2. The van der Waals surface area contributed by atoms with Gasteiger partial charge in [0, 0.05) is 47.0 Å². The van der Waals surface area contributed by atoms with E-state index in [1.807, 2.05) is 6.07 Å². The number of rotatable bonds is 18. The summed E-state index contributed by atoms with van der Waals surface area (Å²) >= 11 is 3.01. The van der Waals surface area contributed by atoms with Crippen molar-refractivity contribution in [3.05, 3.63) is 88.5 Å². The van der Waals surface area contributed by atoms with Crippen molar-refractivity contribution >= 4 is 58.8 Å². The number of carboxylic acids is 1. The Hall–Kier alpha value is -4.24. The topological polar surface area (TPSA) is 267 Å². The van der Waals surface area contributed by atoms with E-state index >= 15 is 8.78 Å². The molecular weight excluding hydrogens is 955 g/mol. The minimum absolute atomic E-state index is 0.0121. The molecule has 0 bridgehead atoms. The number of hydrogen-bond acceptors (Lipinski definition) is 12. The number of halogens is 3. The Bertz CT molecular complexity index is 2370. The molecule has 2 amide bonds. The summed E-state index contributed by atoms with van der Waals surface area (Å²) < 4.78 is 63.6. The third-order valence-corrected chi connectivity index (χ3v) is 15.2. The summed E-state index contributed by atoms with van der Waals surface area (Å²) in [6.45, 7) is 1.52. The van der Waals surface area contributed by atoms with Gasteiger partial charge < -0.3 is 50.5 Å². The van der Waals surface area contributed by atoms with Crippen LogP contribution in [0.5, 0.6) is 0 Å². The van der Waals surface area contributed by atoms with Crippen LogP contribution in [0.1, 0.15) is 74.5 Å². The van der Waals surface area contributed by atoms with Gasteiger partial charge in [-0.25, -0.2) is 13.3 Å². The lowest BCUT2D eigenvalue weighted by molar-refractivity contribution is -0.235. The summed E-state index contributed by atoms with van der Waals surface area (Å²) in [6, 6.07) is 11.7. The molecule has 7 rings (SSSR count). The van der Waals surface area contributed by atoms with Crippen molar-refractivity contribution < 1.29 is 76.4 Å². The van der Waals surface area contributed by atoms with Crippen LogP contribution in [0.2, 0.25) is 0 Å². The largest absolute Gasteiger partial charge is 0.481 e. The van der Waals surface area contributed by atoms with Crippen molar-refractivity contribution in [1.29, 1.82) is 0 Å². The quantitative estimate of drug-likeness (QED) is 0.0780. The molecule has 358 valence electrons. The van der Waals surface area contributed by atoms with Gasteiger partial charge in [0.2, 0.25) is 11.8 Å². The maximum atomic E-state index is 17.9. The summed E-state index contributed by atoms with van der Waals surface area (Å²) in [5.74, 6) is -5.35. The maximum Gasteiger partial charge on any atom is 0.470 e. The molecule has 1 saturated heterocycles. The molecule has 17 nitrogen and oxygen atoms in total. The van der Waals surface area contributed by atoms with E-state index in [4.69, 9.17) is 9.47 Å². The van der Waals surface area contributed by atoms with Crippen LogP contribution in [0.3, 0.4) is 0 Å². The highest BCUT2D eigenvalue weighted by Gasteiger charge is 2.80. The van der Waals surface area contributed by atoms with E-state index in [0.717, 1.165) is 23.3 Å². The van der Waals surface area contributed by atoms with E-state index in [0.29, 0.717) is 23.2 Å². The van der Waals surface area contributed by atoms with Crippen LogP contribution in [0.4, 0.5) is 14.5 Å². The van der Waals surface area contributed by atoms with Gasteiger partial charge in [-0.3, -0.25) is 28.5 Å². The van der Waals surface area contributed by atoms with E-state index in [1.165, 1.54) is 13.0 Å². The second kappa shape index (κ2) is 19.0. The number of anilines is 1. The molecule has 0 spiro atoms. The molecule has 2 aromatic rings. The molecule has 4 fully saturated rings. The van der Waals surface area contributed by atoms with Crippen molar-refractivity contribution in [2.24, 2.45) is 22.7 Å². The lowest BCUT2D eigenvalue weighted by atomic mass is 9.44. The Morgan fingerprint density at radius 3 is 2.41 bits per heavy atom. The van der Waals surface area contributed by atoms with Gasteiger partial charge in [0.1, 0.15) is 12.8 Å². The first-order chi connectivity index (χ1) is 31.1. The third-order valence-electron chi connectivity index (χ3n) is 14.2. The first-order valence-electron chi connectivity index (χ1n) is 21.5. The van der Waals surface area contributed by atoms with E-state index < -0.39 is 115 Å². The van der Waals surface area contributed by atoms with Gasteiger partial charge in [0.25, 0.3) is 0 Å². The van der Waals surface area contributed by atoms with Gasteiger partial charge in [0.15, 0.2) is 29.1 Å². The molecular formula is C45H53BrF2N3O14P. The van der Waals surface area contributed by atoms with Gasteiger partial charge in [-0.15, -0.1) is 0 Å². The third kappa shape index (κ3) is 9.32. The average Bonchev–Trinajstić information content (AvgIpc) is 3.77. The van der Waals surface area contributed by atoms with Crippen molar-refractivity contribution in [3.8, 4) is 0 Å². The fraction of sp³-hybridized carbons (Fsp3) is 0.533. The van der Waals surface area contributed by atoms with Crippen molar-refractivity contribution in [3.63, 3.8) is 0 Å². The Kier molecular flexibility index (Phi) is 14.3. The van der Waals surface area contributed by atoms with Gasteiger partial charge >= 0.3 is 13.8 Å². The smallest absolute Gasteiger partial charge is 0.470 e. The number of aliphatic hydroxyl groups excluding tert-OH is 2. The van der Waals surface area contributed by atoms with E-state index in [2.05, 4.69) is 36.4 Å². The number of ketones is 2. The van der Waals surface area contributed by atoms with Gasteiger partial charge in [-0.1, -0.05) is 59.3 Å². The predicted octanol–water partition coefficient (Wildman–Crippen LogP) is 3.80. The number of phosphoric acid groups is 1. The van der Waals surface area contributed by atoms with Crippen molar-refractivity contribution in [2.75, 3.05) is 30.3 Å². The lowest BCUT2D eigenvalue weighted by Crippen LogP contribution is -2.70. The molecule has 66 heavy (non-hydrogen) atoms. The average molecular weight is 1010 g/mol. The summed E-state index contributed by atoms with van der Waals surface area (Å²) in [5, 5.41) is 39.6. The molecule has 1 aliphatic heterocycles.